The molecular formula is C21H38O10. The summed E-state index contributed by atoms with van der Waals surface area (Å²) in [5, 5.41) is 60.9. The monoisotopic (exact) mass is 450 g/mol. The first-order chi connectivity index (χ1) is 14.7. The van der Waals surface area contributed by atoms with Gasteiger partial charge in [-0.2, -0.15) is 0 Å². The quantitative estimate of drug-likeness (QED) is 0.234. The van der Waals surface area contributed by atoms with Gasteiger partial charge in [-0.25, -0.2) is 0 Å². The molecule has 0 aromatic heterocycles. The van der Waals surface area contributed by atoms with Crippen molar-refractivity contribution in [1.82, 2.24) is 0 Å². The molecule has 0 aliphatic carbocycles. The van der Waals surface area contributed by atoms with Gasteiger partial charge < -0.3 is 49.6 Å². The molecule has 12 atom stereocenters. The zero-order chi connectivity index (χ0) is 23.3. The maximum Gasteiger partial charge on any atom is 0.186 e. The Morgan fingerprint density at radius 2 is 1.52 bits per heavy atom. The Labute approximate surface area is 183 Å². The van der Waals surface area contributed by atoms with Crippen LogP contribution in [-0.2, 0) is 18.9 Å². The van der Waals surface area contributed by atoms with Gasteiger partial charge in [0.15, 0.2) is 12.6 Å². The van der Waals surface area contributed by atoms with Crippen LogP contribution in [0.3, 0.4) is 0 Å². The topological polar surface area (TPSA) is 158 Å². The van der Waals surface area contributed by atoms with Gasteiger partial charge in [-0.1, -0.05) is 32.9 Å². The average molecular weight is 451 g/mol. The van der Waals surface area contributed by atoms with Crippen LogP contribution in [0.2, 0.25) is 0 Å². The minimum absolute atomic E-state index is 0.0433. The molecule has 0 amide bonds. The Kier molecular flexibility index (Phi) is 10.3. The van der Waals surface area contributed by atoms with Crippen molar-refractivity contribution < 1.29 is 49.6 Å². The summed E-state index contributed by atoms with van der Waals surface area (Å²) in [4.78, 5) is 0. The second kappa shape index (κ2) is 12.0. The Hall–Kier alpha value is -0.660. The fraction of sp³-hybridized carbons (Fsp3) is 0.905. The van der Waals surface area contributed by atoms with Crippen LogP contribution in [0.1, 0.15) is 27.7 Å². The lowest BCUT2D eigenvalue weighted by Crippen LogP contribution is -2.63. The van der Waals surface area contributed by atoms with Gasteiger partial charge in [0, 0.05) is 5.92 Å². The first kappa shape index (κ1) is 26.6. The SMILES string of the molecule is C/C=C/[C@@H](O)[C@@H](C)COC1OC(CO)[C@@H](OC2OC(CO)[C@H](C)[C@H](C)[C@@H]2O)[C@H](O)[C@@H]1O. The minimum Gasteiger partial charge on any atom is -0.394 e. The summed E-state index contributed by atoms with van der Waals surface area (Å²) in [5.41, 5.74) is 0. The first-order valence-electron chi connectivity index (χ1n) is 10.8. The van der Waals surface area contributed by atoms with Crippen LogP contribution in [0.15, 0.2) is 12.2 Å². The molecule has 6 N–H and O–H groups in total. The van der Waals surface area contributed by atoms with Gasteiger partial charge in [-0.3, -0.25) is 0 Å². The van der Waals surface area contributed by atoms with E-state index in [9.17, 15) is 30.6 Å². The standard InChI is InChI=1S/C21H38O10/c1-5-6-13(24)10(2)9-28-20-18(27)17(26)19(15(8-23)30-20)31-21-16(25)12(4)11(3)14(7-22)29-21/h5-6,10-27H,7-9H2,1-4H3/b6-5+/t10-,11+,12-,13+,14?,15?,16-,17+,18-,19+,20?,21?/m0/s1. The Morgan fingerprint density at radius 1 is 0.903 bits per heavy atom. The molecule has 0 radical (unpaired) electrons. The predicted molar refractivity (Wildman–Crippen MR) is 109 cm³/mol. The number of hydrogen-bond donors (Lipinski definition) is 6. The van der Waals surface area contributed by atoms with Crippen molar-refractivity contribution >= 4 is 0 Å². The maximum atomic E-state index is 10.6. The van der Waals surface area contributed by atoms with Crippen LogP contribution < -0.4 is 0 Å². The molecule has 2 aliphatic heterocycles. The lowest BCUT2D eigenvalue weighted by molar-refractivity contribution is -0.352. The van der Waals surface area contributed by atoms with Gasteiger partial charge in [0.1, 0.15) is 30.5 Å². The van der Waals surface area contributed by atoms with Crippen LogP contribution in [0, 0.1) is 17.8 Å². The molecule has 0 saturated carbocycles. The van der Waals surface area contributed by atoms with Gasteiger partial charge in [-0.05, 0) is 18.8 Å². The Morgan fingerprint density at radius 3 is 2.10 bits per heavy atom. The summed E-state index contributed by atoms with van der Waals surface area (Å²) < 4.78 is 22.5. The van der Waals surface area contributed by atoms with E-state index in [1.54, 1.807) is 32.9 Å². The van der Waals surface area contributed by atoms with E-state index in [1.165, 1.54) is 0 Å². The van der Waals surface area contributed by atoms with Crippen LogP contribution in [0.5, 0.6) is 0 Å². The third kappa shape index (κ3) is 6.23. The maximum absolute atomic E-state index is 10.6. The zero-order valence-electron chi connectivity index (χ0n) is 18.5. The van der Waals surface area contributed by atoms with E-state index in [0.717, 1.165) is 0 Å². The van der Waals surface area contributed by atoms with Gasteiger partial charge in [-0.15, -0.1) is 0 Å². The smallest absolute Gasteiger partial charge is 0.186 e. The third-order valence-corrected chi connectivity index (χ3v) is 6.33. The predicted octanol–water partition coefficient (Wildman–Crippen LogP) is -1.25. The lowest BCUT2D eigenvalue weighted by Gasteiger charge is -2.46. The fourth-order valence-corrected chi connectivity index (χ4v) is 3.84. The van der Waals surface area contributed by atoms with E-state index in [4.69, 9.17) is 18.9 Å². The third-order valence-electron chi connectivity index (χ3n) is 6.33. The van der Waals surface area contributed by atoms with Crippen LogP contribution in [0.4, 0.5) is 0 Å². The van der Waals surface area contributed by atoms with Crippen LogP contribution in [-0.4, -0.2) is 106 Å². The van der Waals surface area contributed by atoms with Gasteiger partial charge in [0.05, 0.1) is 32.0 Å². The van der Waals surface area contributed by atoms with E-state index in [0.29, 0.717) is 0 Å². The molecule has 4 unspecified atom stereocenters. The molecule has 2 rings (SSSR count). The van der Waals surface area contributed by atoms with Crippen molar-refractivity contribution in [2.45, 2.75) is 83.0 Å². The molecule has 0 aromatic carbocycles. The molecule has 2 aliphatic rings. The summed E-state index contributed by atoms with van der Waals surface area (Å²) in [7, 11) is 0. The van der Waals surface area contributed by atoms with Crippen molar-refractivity contribution in [2.24, 2.45) is 17.8 Å². The summed E-state index contributed by atoms with van der Waals surface area (Å²) in [6, 6.07) is 0. The second-order valence-electron chi connectivity index (χ2n) is 8.57. The number of allylic oxidation sites excluding steroid dienone is 1. The summed E-state index contributed by atoms with van der Waals surface area (Å²) in [6.45, 7) is 6.43. The van der Waals surface area contributed by atoms with Gasteiger partial charge in [0.25, 0.3) is 0 Å². The molecule has 2 heterocycles. The molecule has 2 fully saturated rings. The molecule has 10 heteroatoms. The number of hydrogen-bond acceptors (Lipinski definition) is 10. The summed E-state index contributed by atoms with van der Waals surface area (Å²) in [6.07, 6.45) is -6.70. The molecule has 10 nitrogen and oxygen atoms in total. The average Bonchev–Trinajstić information content (AvgIpc) is 2.76. The molecule has 0 aromatic rings. The van der Waals surface area contributed by atoms with Crippen molar-refractivity contribution in [3.05, 3.63) is 12.2 Å². The highest BCUT2D eigenvalue weighted by atomic mass is 16.7. The highest BCUT2D eigenvalue weighted by Crippen LogP contribution is 2.34. The van der Waals surface area contributed by atoms with Crippen LogP contribution >= 0.6 is 0 Å². The van der Waals surface area contributed by atoms with Crippen molar-refractivity contribution in [3.8, 4) is 0 Å². The highest BCUT2D eigenvalue weighted by molar-refractivity contribution is 4.93. The first-order valence-corrected chi connectivity index (χ1v) is 10.8. The van der Waals surface area contributed by atoms with Gasteiger partial charge >= 0.3 is 0 Å². The fourth-order valence-electron chi connectivity index (χ4n) is 3.84. The Balaban J connectivity index is 2.03. The molecular weight excluding hydrogens is 412 g/mol. The summed E-state index contributed by atoms with van der Waals surface area (Å²) >= 11 is 0. The van der Waals surface area contributed by atoms with E-state index >= 15 is 0 Å². The van der Waals surface area contributed by atoms with Gasteiger partial charge in [0.2, 0.25) is 0 Å². The van der Waals surface area contributed by atoms with Crippen molar-refractivity contribution in [3.63, 3.8) is 0 Å². The number of rotatable bonds is 9. The van der Waals surface area contributed by atoms with Crippen LogP contribution in [0.25, 0.3) is 0 Å². The highest BCUT2D eigenvalue weighted by Gasteiger charge is 2.49. The van der Waals surface area contributed by atoms with E-state index in [-0.39, 0.29) is 31.0 Å². The van der Waals surface area contributed by atoms with Crippen molar-refractivity contribution in [2.75, 3.05) is 19.8 Å². The minimum atomic E-state index is -1.50. The largest absolute Gasteiger partial charge is 0.394 e. The molecule has 2 saturated heterocycles. The van der Waals surface area contributed by atoms with Crippen molar-refractivity contribution in [1.29, 1.82) is 0 Å². The van der Waals surface area contributed by atoms with E-state index in [1.807, 2.05) is 6.92 Å². The van der Waals surface area contributed by atoms with E-state index < -0.39 is 61.9 Å². The number of aliphatic hydroxyl groups excluding tert-OH is 6. The molecule has 0 bridgehead atoms. The second-order valence-corrected chi connectivity index (χ2v) is 8.57. The Bertz CT molecular complexity index is 556. The zero-order valence-corrected chi connectivity index (χ0v) is 18.5. The molecule has 0 spiro atoms. The molecule has 182 valence electrons. The van der Waals surface area contributed by atoms with E-state index in [2.05, 4.69) is 0 Å². The number of ether oxygens (including phenoxy) is 4. The summed E-state index contributed by atoms with van der Waals surface area (Å²) in [5.74, 6) is -0.670. The lowest BCUT2D eigenvalue weighted by atomic mass is 9.83. The molecule has 31 heavy (non-hydrogen) atoms. The number of aliphatic hydroxyl groups is 6. The normalized spacial score (nSPS) is 43.8.